The maximum atomic E-state index is 11.5. The molecule has 0 radical (unpaired) electrons. The number of hydrogen-bond acceptors (Lipinski definition) is 4. The Morgan fingerprint density at radius 1 is 1.04 bits per heavy atom. The Hall–Kier alpha value is -0.860. The van der Waals surface area contributed by atoms with Crippen LogP contribution < -0.4 is 15.4 Å². The summed E-state index contributed by atoms with van der Waals surface area (Å²) in [5.41, 5.74) is -0.350. The van der Waals surface area contributed by atoms with E-state index in [0.717, 1.165) is 12.5 Å². The SMILES string of the molecule is CN=C(NCC(C)(C)NS(C)(=O)=O)NCC1(N2CCCCC2)CCCCC1. The largest absolute Gasteiger partial charge is 0.355 e. The van der Waals surface area contributed by atoms with E-state index in [0.29, 0.717) is 6.54 Å². The summed E-state index contributed by atoms with van der Waals surface area (Å²) in [6, 6.07) is 0. The van der Waals surface area contributed by atoms with E-state index in [2.05, 4.69) is 25.2 Å². The van der Waals surface area contributed by atoms with E-state index in [1.165, 1.54) is 70.7 Å². The first-order valence-corrected chi connectivity index (χ1v) is 12.2. The minimum absolute atomic E-state index is 0.233. The van der Waals surface area contributed by atoms with Gasteiger partial charge in [-0.2, -0.15) is 0 Å². The first-order chi connectivity index (χ1) is 12.7. The standard InChI is InChI=1S/C19H39N5O2S/c1-18(2,23-27(4,25)26)15-21-17(20-3)22-16-19(11-7-5-8-12-19)24-13-9-6-10-14-24/h23H,5-16H2,1-4H3,(H2,20,21,22). The van der Waals surface area contributed by atoms with E-state index < -0.39 is 15.6 Å². The van der Waals surface area contributed by atoms with Gasteiger partial charge in [0.2, 0.25) is 10.0 Å². The van der Waals surface area contributed by atoms with E-state index >= 15 is 0 Å². The van der Waals surface area contributed by atoms with Crippen molar-refractivity contribution in [3.63, 3.8) is 0 Å². The van der Waals surface area contributed by atoms with E-state index in [1.807, 2.05) is 13.8 Å². The summed E-state index contributed by atoms with van der Waals surface area (Å²) < 4.78 is 25.7. The summed E-state index contributed by atoms with van der Waals surface area (Å²) in [4.78, 5) is 7.06. The van der Waals surface area contributed by atoms with Gasteiger partial charge in [0.25, 0.3) is 0 Å². The van der Waals surface area contributed by atoms with Gasteiger partial charge < -0.3 is 10.6 Å². The molecule has 1 saturated carbocycles. The summed E-state index contributed by atoms with van der Waals surface area (Å²) in [6.45, 7) is 7.51. The molecule has 0 unspecified atom stereocenters. The zero-order valence-corrected chi connectivity index (χ0v) is 18.4. The number of guanidine groups is 1. The van der Waals surface area contributed by atoms with Crippen molar-refractivity contribution < 1.29 is 8.42 Å². The lowest BCUT2D eigenvalue weighted by Crippen LogP contribution is -2.60. The van der Waals surface area contributed by atoms with Crippen LogP contribution in [0.5, 0.6) is 0 Å². The van der Waals surface area contributed by atoms with Gasteiger partial charge >= 0.3 is 0 Å². The van der Waals surface area contributed by atoms with Crippen molar-refractivity contribution in [3.05, 3.63) is 0 Å². The van der Waals surface area contributed by atoms with Crippen LogP contribution in [0.4, 0.5) is 0 Å². The summed E-state index contributed by atoms with van der Waals surface area (Å²) in [5, 5.41) is 6.82. The van der Waals surface area contributed by atoms with Crippen LogP contribution in [0.15, 0.2) is 4.99 Å². The third kappa shape index (κ3) is 7.23. The van der Waals surface area contributed by atoms with Gasteiger partial charge in [0.1, 0.15) is 0 Å². The molecular formula is C19H39N5O2S. The fourth-order valence-electron chi connectivity index (χ4n) is 4.49. The third-order valence-corrected chi connectivity index (χ3v) is 6.70. The van der Waals surface area contributed by atoms with Gasteiger partial charge in [-0.05, 0) is 52.6 Å². The molecule has 1 aliphatic carbocycles. The molecule has 7 nitrogen and oxygen atoms in total. The van der Waals surface area contributed by atoms with Crippen LogP contribution in [-0.2, 0) is 10.0 Å². The van der Waals surface area contributed by atoms with E-state index in [9.17, 15) is 8.42 Å². The van der Waals surface area contributed by atoms with Crippen LogP contribution in [0.2, 0.25) is 0 Å². The van der Waals surface area contributed by atoms with Crippen LogP contribution in [0.1, 0.15) is 65.2 Å². The van der Waals surface area contributed by atoms with Crippen molar-refractivity contribution in [3.8, 4) is 0 Å². The average molecular weight is 402 g/mol. The number of hydrogen-bond donors (Lipinski definition) is 3. The average Bonchev–Trinajstić information content (AvgIpc) is 2.61. The Labute approximate surface area is 165 Å². The Morgan fingerprint density at radius 2 is 1.63 bits per heavy atom. The van der Waals surface area contributed by atoms with Gasteiger partial charge in [0, 0.05) is 31.2 Å². The van der Waals surface area contributed by atoms with E-state index in [-0.39, 0.29) is 5.54 Å². The molecule has 2 rings (SSSR count). The highest BCUT2D eigenvalue weighted by molar-refractivity contribution is 7.88. The van der Waals surface area contributed by atoms with Crippen LogP contribution in [-0.4, -0.2) is 69.8 Å². The Morgan fingerprint density at radius 3 is 2.19 bits per heavy atom. The summed E-state index contributed by atoms with van der Waals surface area (Å²) in [7, 11) is -1.48. The summed E-state index contributed by atoms with van der Waals surface area (Å²) in [5.74, 6) is 0.736. The molecule has 0 aromatic carbocycles. The number of piperidine rings is 1. The second-order valence-electron chi connectivity index (χ2n) is 8.87. The number of nitrogens with zero attached hydrogens (tertiary/aromatic N) is 2. The molecule has 2 aliphatic rings. The number of aliphatic imine (C=N–C) groups is 1. The van der Waals surface area contributed by atoms with Crippen LogP contribution in [0.25, 0.3) is 0 Å². The van der Waals surface area contributed by atoms with E-state index in [1.54, 1.807) is 7.05 Å². The quantitative estimate of drug-likeness (QED) is 0.446. The first-order valence-electron chi connectivity index (χ1n) is 10.3. The van der Waals surface area contributed by atoms with Crippen LogP contribution in [0.3, 0.4) is 0 Å². The molecular weight excluding hydrogens is 362 g/mol. The number of likely N-dealkylation sites (tertiary alicyclic amines) is 1. The molecule has 0 aromatic heterocycles. The van der Waals surface area contributed by atoms with Crippen molar-refractivity contribution in [2.45, 2.75) is 76.3 Å². The molecule has 2 fully saturated rings. The second kappa shape index (κ2) is 9.56. The lowest BCUT2D eigenvalue weighted by Gasteiger charge is -2.48. The van der Waals surface area contributed by atoms with Gasteiger partial charge in [0.05, 0.1) is 6.26 Å². The van der Waals surface area contributed by atoms with Gasteiger partial charge in [-0.1, -0.05) is 25.7 Å². The van der Waals surface area contributed by atoms with Crippen molar-refractivity contribution in [2.24, 2.45) is 4.99 Å². The Kier molecular flexibility index (Phi) is 7.94. The third-order valence-electron chi connectivity index (χ3n) is 5.78. The molecule has 0 atom stereocenters. The maximum absolute atomic E-state index is 11.5. The fraction of sp³-hybridized carbons (Fsp3) is 0.947. The molecule has 0 spiro atoms. The molecule has 27 heavy (non-hydrogen) atoms. The van der Waals surface area contributed by atoms with Crippen molar-refractivity contribution in [1.82, 2.24) is 20.3 Å². The zero-order chi connectivity index (χ0) is 20.0. The van der Waals surface area contributed by atoms with Crippen molar-refractivity contribution in [2.75, 3.05) is 39.5 Å². The molecule has 1 saturated heterocycles. The topological polar surface area (TPSA) is 85.8 Å². The van der Waals surface area contributed by atoms with Crippen LogP contribution >= 0.6 is 0 Å². The minimum atomic E-state index is -3.25. The molecule has 8 heteroatoms. The van der Waals surface area contributed by atoms with Crippen molar-refractivity contribution >= 4 is 16.0 Å². The maximum Gasteiger partial charge on any atom is 0.209 e. The highest BCUT2D eigenvalue weighted by Gasteiger charge is 2.38. The lowest BCUT2D eigenvalue weighted by atomic mass is 9.79. The zero-order valence-electron chi connectivity index (χ0n) is 17.6. The molecule has 0 amide bonds. The van der Waals surface area contributed by atoms with Crippen molar-refractivity contribution in [1.29, 1.82) is 0 Å². The van der Waals surface area contributed by atoms with Gasteiger partial charge in [-0.25, -0.2) is 13.1 Å². The summed E-state index contributed by atoms with van der Waals surface area (Å²) in [6.07, 6.45) is 11.6. The summed E-state index contributed by atoms with van der Waals surface area (Å²) >= 11 is 0. The Balaban J connectivity index is 1.94. The lowest BCUT2D eigenvalue weighted by molar-refractivity contribution is 0.0368. The molecule has 158 valence electrons. The monoisotopic (exact) mass is 401 g/mol. The fourth-order valence-corrected chi connectivity index (χ4v) is 5.57. The van der Waals surface area contributed by atoms with Gasteiger partial charge in [-0.15, -0.1) is 0 Å². The molecule has 0 aromatic rings. The first kappa shape index (κ1) is 22.4. The molecule has 1 heterocycles. The van der Waals surface area contributed by atoms with Gasteiger partial charge in [0.15, 0.2) is 5.96 Å². The predicted molar refractivity (Wildman–Crippen MR) is 113 cm³/mol. The Bertz CT molecular complexity index is 591. The highest BCUT2D eigenvalue weighted by Crippen LogP contribution is 2.35. The molecule has 1 aliphatic heterocycles. The van der Waals surface area contributed by atoms with Gasteiger partial charge in [-0.3, -0.25) is 9.89 Å². The second-order valence-corrected chi connectivity index (χ2v) is 10.6. The predicted octanol–water partition coefficient (Wildman–Crippen LogP) is 1.67. The number of sulfonamides is 1. The minimum Gasteiger partial charge on any atom is -0.355 e. The number of rotatable bonds is 7. The highest BCUT2D eigenvalue weighted by atomic mass is 32.2. The van der Waals surface area contributed by atoms with Crippen LogP contribution in [0, 0.1) is 0 Å². The smallest absolute Gasteiger partial charge is 0.209 e. The number of nitrogens with one attached hydrogen (secondary N) is 3. The van der Waals surface area contributed by atoms with E-state index in [4.69, 9.17) is 0 Å². The molecule has 0 bridgehead atoms. The molecule has 3 N–H and O–H groups in total. The normalized spacial score (nSPS) is 22.4.